The quantitative estimate of drug-likeness (QED) is 0.610. The maximum absolute atomic E-state index is 11.6. The molecular weight excluding hydrogens is 242 g/mol. The first kappa shape index (κ1) is 12.7. The number of nitriles is 1. The molecule has 4 heteroatoms. The van der Waals surface area contributed by atoms with E-state index in [4.69, 9.17) is 4.74 Å². The summed E-state index contributed by atoms with van der Waals surface area (Å²) in [4.78, 5) is 11.6. The van der Waals surface area contributed by atoms with Crippen LogP contribution in [-0.2, 0) is 9.53 Å². The molecule has 4 aliphatic rings. The van der Waals surface area contributed by atoms with Crippen LogP contribution < -0.4 is 0 Å². The highest BCUT2D eigenvalue weighted by molar-refractivity contribution is 5.81. The van der Waals surface area contributed by atoms with Gasteiger partial charge in [0.05, 0.1) is 17.1 Å². The van der Waals surface area contributed by atoms with E-state index in [1.807, 2.05) is 0 Å². The highest BCUT2D eigenvalue weighted by atomic mass is 16.6. The molecule has 4 saturated carbocycles. The molecule has 4 bridgehead atoms. The lowest BCUT2D eigenvalue weighted by Gasteiger charge is -2.65. The lowest BCUT2D eigenvalue weighted by molar-refractivity contribution is -0.250. The zero-order valence-corrected chi connectivity index (χ0v) is 11.2. The molecule has 4 unspecified atom stereocenters. The molecule has 4 aliphatic carbocycles. The summed E-state index contributed by atoms with van der Waals surface area (Å²) in [5, 5.41) is 20.3. The van der Waals surface area contributed by atoms with Gasteiger partial charge in [0, 0.05) is 18.9 Å². The van der Waals surface area contributed by atoms with Crippen molar-refractivity contribution in [2.24, 2.45) is 10.8 Å². The van der Waals surface area contributed by atoms with Crippen LogP contribution in [0.4, 0.5) is 0 Å². The molecule has 0 spiro atoms. The lowest BCUT2D eigenvalue weighted by Crippen LogP contribution is -2.66. The van der Waals surface area contributed by atoms with Crippen LogP contribution in [0.5, 0.6) is 0 Å². The highest BCUT2D eigenvalue weighted by Crippen LogP contribution is 2.68. The Kier molecular flexibility index (Phi) is 2.27. The first-order valence-corrected chi connectivity index (χ1v) is 6.75. The second-order valence-electron chi connectivity index (χ2n) is 7.30. The van der Waals surface area contributed by atoms with E-state index < -0.39 is 22.6 Å². The number of esters is 1. The SMILES string of the molecule is C=CC(=O)OC12CC3(C)CC(O)(CC(C#N)(C3)C1)C2. The summed E-state index contributed by atoms with van der Waals surface area (Å²) in [7, 11) is 0. The minimum atomic E-state index is -0.860. The molecule has 0 aliphatic heterocycles. The molecule has 19 heavy (non-hydrogen) atoms. The number of nitrogens with zero attached hydrogens (tertiary/aromatic N) is 1. The molecule has 0 heterocycles. The Bertz CT molecular complexity index is 486. The van der Waals surface area contributed by atoms with Crippen molar-refractivity contribution >= 4 is 5.97 Å². The first-order chi connectivity index (χ1) is 8.76. The van der Waals surface area contributed by atoms with Crippen LogP contribution in [0.2, 0.25) is 0 Å². The first-order valence-electron chi connectivity index (χ1n) is 6.75. The van der Waals surface area contributed by atoms with Gasteiger partial charge in [-0.2, -0.15) is 5.26 Å². The van der Waals surface area contributed by atoms with Gasteiger partial charge in [-0.1, -0.05) is 13.5 Å². The van der Waals surface area contributed by atoms with E-state index in [-0.39, 0.29) is 5.41 Å². The predicted molar refractivity (Wildman–Crippen MR) is 67.8 cm³/mol. The highest BCUT2D eigenvalue weighted by Gasteiger charge is 2.68. The molecule has 1 N–H and O–H groups in total. The van der Waals surface area contributed by atoms with Crippen LogP contribution in [0.25, 0.3) is 0 Å². The third kappa shape index (κ3) is 1.80. The van der Waals surface area contributed by atoms with Crippen molar-refractivity contribution < 1.29 is 14.6 Å². The van der Waals surface area contributed by atoms with Gasteiger partial charge in [-0.05, 0) is 31.1 Å². The molecule has 0 aromatic heterocycles. The monoisotopic (exact) mass is 261 g/mol. The Labute approximate surface area is 113 Å². The third-order valence-corrected chi connectivity index (χ3v) is 4.97. The molecule has 4 fully saturated rings. The van der Waals surface area contributed by atoms with Crippen LogP contribution in [-0.4, -0.2) is 22.3 Å². The van der Waals surface area contributed by atoms with Crippen molar-refractivity contribution in [3.8, 4) is 6.07 Å². The van der Waals surface area contributed by atoms with Gasteiger partial charge >= 0.3 is 5.97 Å². The van der Waals surface area contributed by atoms with Gasteiger partial charge in [0.2, 0.25) is 0 Å². The van der Waals surface area contributed by atoms with Crippen molar-refractivity contribution in [1.82, 2.24) is 0 Å². The molecule has 4 nitrogen and oxygen atoms in total. The maximum Gasteiger partial charge on any atom is 0.330 e. The summed E-state index contributed by atoms with van der Waals surface area (Å²) in [6.45, 7) is 5.52. The fourth-order valence-corrected chi connectivity index (χ4v) is 5.47. The topological polar surface area (TPSA) is 70.3 Å². The van der Waals surface area contributed by atoms with Gasteiger partial charge in [-0.25, -0.2) is 4.79 Å². The van der Waals surface area contributed by atoms with Crippen LogP contribution in [0.15, 0.2) is 12.7 Å². The largest absolute Gasteiger partial charge is 0.456 e. The molecule has 0 amide bonds. The van der Waals surface area contributed by atoms with E-state index in [0.717, 1.165) is 18.9 Å². The maximum atomic E-state index is 11.6. The molecule has 0 saturated heterocycles. The Morgan fingerprint density at radius 3 is 2.63 bits per heavy atom. The molecular formula is C15H19NO3. The number of carbonyl (C=O) groups is 1. The second kappa shape index (κ2) is 3.40. The zero-order valence-electron chi connectivity index (χ0n) is 11.2. The molecule has 4 rings (SSSR count). The summed E-state index contributed by atoms with van der Waals surface area (Å²) in [5.74, 6) is -0.456. The zero-order chi connectivity index (χ0) is 13.9. The number of aliphatic hydroxyl groups is 1. The Hall–Kier alpha value is -1.34. The molecule has 0 radical (unpaired) electrons. The van der Waals surface area contributed by atoms with Crippen LogP contribution in [0.3, 0.4) is 0 Å². The van der Waals surface area contributed by atoms with E-state index in [0.29, 0.717) is 25.7 Å². The fraction of sp³-hybridized carbons (Fsp3) is 0.733. The molecule has 0 aromatic rings. The van der Waals surface area contributed by atoms with Gasteiger partial charge in [0.1, 0.15) is 5.60 Å². The van der Waals surface area contributed by atoms with Gasteiger partial charge in [0.25, 0.3) is 0 Å². The van der Waals surface area contributed by atoms with E-state index >= 15 is 0 Å². The Morgan fingerprint density at radius 1 is 1.32 bits per heavy atom. The Balaban J connectivity index is 2.02. The van der Waals surface area contributed by atoms with Crippen LogP contribution in [0.1, 0.15) is 45.4 Å². The summed E-state index contributed by atoms with van der Waals surface area (Å²) in [6, 6.07) is 2.40. The number of carbonyl (C=O) groups excluding carboxylic acids is 1. The normalized spacial score (nSPS) is 50.6. The summed E-state index contributed by atoms with van der Waals surface area (Å²) in [6.07, 6.45) is 4.92. The van der Waals surface area contributed by atoms with E-state index in [2.05, 4.69) is 19.6 Å². The lowest BCUT2D eigenvalue weighted by atomic mass is 9.42. The van der Waals surface area contributed by atoms with E-state index in [1.165, 1.54) is 0 Å². The van der Waals surface area contributed by atoms with Crippen molar-refractivity contribution in [3.05, 3.63) is 12.7 Å². The minimum Gasteiger partial charge on any atom is -0.456 e. The van der Waals surface area contributed by atoms with Crippen LogP contribution in [0, 0.1) is 22.2 Å². The number of rotatable bonds is 2. The summed E-state index contributed by atoms with van der Waals surface area (Å²) < 4.78 is 5.59. The van der Waals surface area contributed by atoms with Crippen molar-refractivity contribution in [2.45, 2.75) is 56.7 Å². The van der Waals surface area contributed by atoms with Crippen molar-refractivity contribution in [3.63, 3.8) is 0 Å². The van der Waals surface area contributed by atoms with Gasteiger partial charge in [-0.3, -0.25) is 0 Å². The van der Waals surface area contributed by atoms with Gasteiger partial charge in [-0.15, -0.1) is 0 Å². The Morgan fingerprint density at radius 2 is 2.05 bits per heavy atom. The van der Waals surface area contributed by atoms with Crippen molar-refractivity contribution in [2.75, 3.05) is 0 Å². The molecule has 4 atom stereocenters. The predicted octanol–water partition coefficient (Wildman–Crippen LogP) is 2.08. The van der Waals surface area contributed by atoms with Gasteiger partial charge in [0.15, 0.2) is 0 Å². The average Bonchev–Trinajstić information content (AvgIpc) is 2.23. The number of hydrogen-bond acceptors (Lipinski definition) is 4. The number of hydrogen-bond donors (Lipinski definition) is 1. The standard InChI is InChI=1S/C15H19NO3/c1-3-11(17)19-15-6-12(2)4-13(8-15,10-16)7-14(18,5-12)9-15/h3,18H,1,4-9H2,2H3. The van der Waals surface area contributed by atoms with Gasteiger partial charge < -0.3 is 9.84 Å². The van der Waals surface area contributed by atoms with E-state index in [9.17, 15) is 15.2 Å². The molecule has 102 valence electrons. The second-order valence-corrected chi connectivity index (χ2v) is 7.30. The average molecular weight is 261 g/mol. The smallest absolute Gasteiger partial charge is 0.330 e. The van der Waals surface area contributed by atoms with Crippen molar-refractivity contribution in [1.29, 1.82) is 5.26 Å². The van der Waals surface area contributed by atoms with E-state index in [1.54, 1.807) is 0 Å². The molecule has 0 aromatic carbocycles. The minimum absolute atomic E-state index is 0.110. The van der Waals surface area contributed by atoms with Crippen LogP contribution >= 0.6 is 0 Å². The summed E-state index contributed by atoms with van der Waals surface area (Å²) in [5.41, 5.74) is -2.19. The third-order valence-electron chi connectivity index (χ3n) is 4.97. The summed E-state index contributed by atoms with van der Waals surface area (Å²) >= 11 is 0. The number of ether oxygens (including phenoxy) is 1. The fourth-order valence-electron chi connectivity index (χ4n) is 5.47.